The summed E-state index contributed by atoms with van der Waals surface area (Å²) in [4.78, 5) is 16.1. The first kappa shape index (κ1) is 13.9. The molecule has 0 amide bonds. The third-order valence-electron chi connectivity index (χ3n) is 3.07. The Hall–Kier alpha value is -1.49. The normalized spacial score (nSPS) is 21.0. The molecule has 0 unspecified atom stereocenters. The number of rotatable bonds is 3. The minimum absolute atomic E-state index is 0.255. The molecule has 1 heterocycles. The fraction of sp³-hybridized carbons (Fsp3) is 0.429. The van der Waals surface area contributed by atoms with Gasteiger partial charge in [-0.05, 0) is 19.9 Å². The molecule has 1 aliphatic heterocycles. The van der Waals surface area contributed by atoms with Crippen LogP contribution in [-0.4, -0.2) is 34.0 Å². The van der Waals surface area contributed by atoms with Crippen molar-refractivity contribution in [3.05, 3.63) is 29.8 Å². The van der Waals surface area contributed by atoms with Gasteiger partial charge in [-0.25, -0.2) is 4.79 Å². The predicted molar refractivity (Wildman–Crippen MR) is 76.7 cm³/mol. The molecule has 0 aromatic heterocycles. The summed E-state index contributed by atoms with van der Waals surface area (Å²) in [6.45, 7) is 3.95. The van der Waals surface area contributed by atoms with Crippen molar-refractivity contribution >= 4 is 22.8 Å². The van der Waals surface area contributed by atoms with Crippen LogP contribution in [-0.2, 0) is 16.0 Å². The van der Waals surface area contributed by atoms with Crippen molar-refractivity contribution in [2.45, 2.75) is 31.1 Å². The Balaban J connectivity index is 2.19. The molecule has 19 heavy (non-hydrogen) atoms. The first-order valence-corrected chi connectivity index (χ1v) is 6.86. The predicted octanol–water partition coefficient (Wildman–Crippen LogP) is 2.40. The first-order chi connectivity index (χ1) is 8.94. The Morgan fingerprint density at radius 1 is 1.47 bits per heavy atom. The maximum absolute atomic E-state index is 11.7. The van der Waals surface area contributed by atoms with Gasteiger partial charge in [0, 0.05) is 16.7 Å². The number of phenols is 1. The molecule has 0 aliphatic carbocycles. The fourth-order valence-electron chi connectivity index (χ4n) is 2.04. The van der Waals surface area contributed by atoms with Gasteiger partial charge in [0.15, 0.2) is 6.04 Å². The number of aromatic hydroxyl groups is 1. The van der Waals surface area contributed by atoms with Gasteiger partial charge in [0.25, 0.3) is 0 Å². The summed E-state index contributed by atoms with van der Waals surface area (Å²) in [7, 11) is 1.37. The van der Waals surface area contributed by atoms with Crippen molar-refractivity contribution in [3.8, 4) is 5.75 Å². The van der Waals surface area contributed by atoms with Gasteiger partial charge in [0.2, 0.25) is 0 Å². The molecule has 4 nitrogen and oxygen atoms in total. The Morgan fingerprint density at radius 3 is 2.79 bits per heavy atom. The summed E-state index contributed by atoms with van der Waals surface area (Å²) in [6, 6.07) is 6.68. The third-order valence-corrected chi connectivity index (χ3v) is 4.30. The van der Waals surface area contributed by atoms with Gasteiger partial charge in [-0.2, -0.15) is 0 Å². The molecule has 0 spiro atoms. The number of hydrogen-bond donors (Lipinski definition) is 1. The summed E-state index contributed by atoms with van der Waals surface area (Å²) in [5.74, 6) is -0.0603. The quantitative estimate of drug-likeness (QED) is 0.863. The van der Waals surface area contributed by atoms with E-state index < -0.39 is 6.04 Å². The van der Waals surface area contributed by atoms with Crippen molar-refractivity contribution in [3.63, 3.8) is 0 Å². The number of ether oxygens (including phenoxy) is 1. The van der Waals surface area contributed by atoms with Crippen LogP contribution in [0.2, 0.25) is 0 Å². The number of carbonyl (C=O) groups excluding carboxylic acids is 1. The molecule has 1 aromatic carbocycles. The van der Waals surface area contributed by atoms with Gasteiger partial charge >= 0.3 is 5.97 Å². The van der Waals surface area contributed by atoms with E-state index >= 15 is 0 Å². The van der Waals surface area contributed by atoms with E-state index in [1.54, 1.807) is 23.9 Å². The monoisotopic (exact) mass is 279 g/mol. The molecule has 0 bridgehead atoms. The lowest BCUT2D eigenvalue weighted by atomic mass is 10.0. The molecule has 1 aliphatic rings. The first-order valence-electron chi connectivity index (χ1n) is 6.04. The van der Waals surface area contributed by atoms with E-state index in [1.807, 2.05) is 26.0 Å². The molecular weight excluding hydrogens is 262 g/mol. The van der Waals surface area contributed by atoms with Crippen LogP contribution in [0.4, 0.5) is 0 Å². The maximum Gasteiger partial charge on any atom is 0.332 e. The second-order valence-corrected chi connectivity index (χ2v) is 6.69. The van der Waals surface area contributed by atoms with Crippen molar-refractivity contribution in [1.82, 2.24) is 0 Å². The van der Waals surface area contributed by atoms with Crippen LogP contribution in [0.3, 0.4) is 0 Å². The van der Waals surface area contributed by atoms with Crippen LogP contribution in [0, 0.1) is 0 Å². The summed E-state index contributed by atoms with van der Waals surface area (Å²) in [5, 5.41) is 10.6. The molecule has 1 atom stereocenters. The van der Waals surface area contributed by atoms with E-state index in [9.17, 15) is 9.90 Å². The largest absolute Gasteiger partial charge is 0.508 e. The molecule has 0 saturated heterocycles. The highest BCUT2D eigenvalue weighted by Crippen LogP contribution is 2.39. The van der Waals surface area contributed by atoms with Crippen molar-refractivity contribution in [2.24, 2.45) is 4.99 Å². The smallest absolute Gasteiger partial charge is 0.332 e. The highest BCUT2D eigenvalue weighted by molar-refractivity contribution is 8.15. The van der Waals surface area contributed by atoms with Crippen LogP contribution >= 0.6 is 11.8 Å². The van der Waals surface area contributed by atoms with Crippen LogP contribution < -0.4 is 0 Å². The lowest BCUT2D eigenvalue weighted by Gasteiger charge is -2.21. The second-order valence-electron chi connectivity index (χ2n) is 4.96. The third kappa shape index (κ3) is 2.92. The molecule has 1 aromatic rings. The van der Waals surface area contributed by atoms with Crippen LogP contribution in [0.1, 0.15) is 19.4 Å². The van der Waals surface area contributed by atoms with E-state index in [-0.39, 0.29) is 16.5 Å². The number of thioether (sulfide) groups is 1. The average molecular weight is 279 g/mol. The minimum atomic E-state index is -0.483. The van der Waals surface area contributed by atoms with Gasteiger partial charge in [-0.1, -0.05) is 18.2 Å². The second kappa shape index (κ2) is 5.25. The zero-order chi connectivity index (χ0) is 14.0. The molecule has 102 valence electrons. The molecule has 0 saturated carbocycles. The zero-order valence-electron chi connectivity index (χ0n) is 11.2. The van der Waals surface area contributed by atoms with Crippen molar-refractivity contribution in [2.75, 3.05) is 7.11 Å². The van der Waals surface area contributed by atoms with Gasteiger partial charge in [-0.3, -0.25) is 4.99 Å². The number of carbonyl (C=O) groups is 1. The number of para-hydroxylation sites is 1. The molecule has 1 N–H and O–H groups in total. The summed E-state index contributed by atoms with van der Waals surface area (Å²) in [6.07, 6.45) is 0.536. The number of esters is 1. The van der Waals surface area contributed by atoms with E-state index in [1.165, 1.54) is 7.11 Å². The number of benzene rings is 1. The zero-order valence-corrected chi connectivity index (χ0v) is 12.0. The van der Waals surface area contributed by atoms with Gasteiger partial charge in [-0.15, -0.1) is 11.8 Å². The van der Waals surface area contributed by atoms with E-state index in [0.717, 1.165) is 10.6 Å². The van der Waals surface area contributed by atoms with Gasteiger partial charge in [0.1, 0.15) is 5.75 Å². The maximum atomic E-state index is 11.7. The molecule has 0 fully saturated rings. The lowest BCUT2D eigenvalue weighted by Crippen LogP contribution is -2.35. The standard InChI is InChI=1S/C14H17NO3S/c1-14(2)12(13(17)18-3)15-11(19-14)8-9-6-4-5-7-10(9)16/h4-7,12,16H,8H2,1-3H3/t12-/m1/s1. The number of methoxy groups -OCH3 is 1. The van der Waals surface area contributed by atoms with Gasteiger partial charge < -0.3 is 9.84 Å². The van der Waals surface area contributed by atoms with Crippen molar-refractivity contribution < 1.29 is 14.6 Å². The number of aliphatic imine (C=N–C) groups is 1. The average Bonchev–Trinajstić information content (AvgIpc) is 2.66. The molecule has 5 heteroatoms. The Morgan fingerprint density at radius 2 is 2.16 bits per heavy atom. The highest BCUT2D eigenvalue weighted by atomic mass is 32.2. The SMILES string of the molecule is COC(=O)[C@H]1N=C(Cc2ccccc2O)SC1(C)C. The Labute approximate surface area is 116 Å². The Kier molecular flexibility index (Phi) is 3.85. The number of hydrogen-bond acceptors (Lipinski definition) is 5. The van der Waals surface area contributed by atoms with E-state index in [2.05, 4.69) is 4.99 Å². The molecule has 2 rings (SSSR count). The lowest BCUT2D eigenvalue weighted by molar-refractivity contribution is -0.142. The fourth-order valence-corrected chi connectivity index (χ4v) is 3.29. The van der Waals surface area contributed by atoms with Crippen molar-refractivity contribution in [1.29, 1.82) is 0 Å². The number of phenolic OH excluding ortho intramolecular Hbond substituents is 1. The van der Waals surface area contributed by atoms with E-state index in [4.69, 9.17) is 4.74 Å². The highest BCUT2D eigenvalue weighted by Gasteiger charge is 2.42. The van der Waals surface area contributed by atoms with E-state index in [0.29, 0.717) is 6.42 Å². The minimum Gasteiger partial charge on any atom is -0.508 e. The molecule has 0 radical (unpaired) electrons. The van der Waals surface area contributed by atoms with Crippen LogP contribution in [0.15, 0.2) is 29.3 Å². The molecular formula is C14H17NO3S. The summed E-state index contributed by atoms with van der Waals surface area (Å²) >= 11 is 1.56. The summed E-state index contributed by atoms with van der Waals surface area (Å²) in [5.41, 5.74) is 0.815. The van der Waals surface area contributed by atoms with Gasteiger partial charge in [0.05, 0.1) is 12.2 Å². The summed E-state index contributed by atoms with van der Waals surface area (Å²) < 4.78 is 4.47. The van der Waals surface area contributed by atoms with Crippen LogP contribution in [0.25, 0.3) is 0 Å². The topological polar surface area (TPSA) is 58.9 Å². The number of nitrogens with zero attached hydrogens (tertiary/aromatic N) is 1. The van der Waals surface area contributed by atoms with Crippen LogP contribution in [0.5, 0.6) is 5.75 Å². The Bertz CT molecular complexity index is 525.